The lowest BCUT2D eigenvalue weighted by Crippen LogP contribution is -2.52. The molecule has 0 heterocycles. The van der Waals surface area contributed by atoms with Crippen LogP contribution in [-0.4, -0.2) is 25.9 Å². The van der Waals surface area contributed by atoms with Gasteiger partial charge in [0.05, 0.1) is 14.2 Å². The van der Waals surface area contributed by atoms with Crippen LogP contribution in [0.1, 0.15) is 11.7 Å². The van der Waals surface area contributed by atoms with Crippen LogP contribution >= 0.6 is 0 Å². The van der Waals surface area contributed by atoms with Gasteiger partial charge in [0.25, 0.3) is 0 Å². The molecular formula is C10H16NO3+. The Morgan fingerprint density at radius 1 is 1.36 bits per heavy atom. The summed E-state index contributed by atoms with van der Waals surface area (Å²) in [6, 6.07) is 5.32. The zero-order valence-corrected chi connectivity index (χ0v) is 8.49. The summed E-state index contributed by atoms with van der Waals surface area (Å²) < 4.78 is 10.2. The number of methoxy groups -OCH3 is 2. The van der Waals surface area contributed by atoms with Gasteiger partial charge in [0.15, 0.2) is 0 Å². The summed E-state index contributed by atoms with van der Waals surface area (Å²) in [5.41, 5.74) is 4.36. The summed E-state index contributed by atoms with van der Waals surface area (Å²) in [7, 11) is 3.16. The first-order valence-corrected chi connectivity index (χ1v) is 4.42. The highest BCUT2D eigenvalue weighted by atomic mass is 16.5. The molecule has 0 amide bonds. The minimum absolute atomic E-state index is 0.406. The lowest BCUT2D eigenvalue weighted by Gasteiger charge is -2.12. The molecule has 0 fully saturated rings. The van der Waals surface area contributed by atoms with E-state index in [9.17, 15) is 5.11 Å². The molecule has 78 valence electrons. The molecule has 0 bridgehead atoms. The van der Waals surface area contributed by atoms with Crippen molar-refractivity contribution in [2.24, 2.45) is 0 Å². The van der Waals surface area contributed by atoms with E-state index in [4.69, 9.17) is 9.47 Å². The second kappa shape index (κ2) is 4.83. The SMILES string of the molecule is COc1ccc(OC)c([C@@H](O)C[NH3+])c1. The summed E-state index contributed by atoms with van der Waals surface area (Å²) in [6.07, 6.45) is -0.611. The third kappa shape index (κ3) is 2.16. The summed E-state index contributed by atoms with van der Waals surface area (Å²) in [5.74, 6) is 1.36. The highest BCUT2D eigenvalue weighted by Crippen LogP contribution is 2.28. The Morgan fingerprint density at radius 2 is 2.07 bits per heavy atom. The van der Waals surface area contributed by atoms with Crippen LogP contribution in [0.3, 0.4) is 0 Å². The monoisotopic (exact) mass is 198 g/mol. The minimum Gasteiger partial charge on any atom is -0.497 e. The van der Waals surface area contributed by atoms with Crippen LogP contribution in [0.5, 0.6) is 11.5 Å². The molecule has 0 aliphatic heterocycles. The fraction of sp³-hybridized carbons (Fsp3) is 0.400. The third-order valence-corrected chi connectivity index (χ3v) is 2.07. The maximum Gasteiger partial charge on any atom is 0.131 e. The molecule has 0 aliphatic rings. The van der Waals surface area contributed by atoms with Gasteiger partial charge in [-0.15, -0.1) is 0 Å². The van der Waals surface area contributed by atoms with Crippen LogP contribution in [0.2, 0.25) is 0 Å². The maximum absolute atomic E-state index is 9.66. The molecule has 1 aromatic carbocycles. The smallest absolute Gasteiger partial charge is 0.131 e. The van der Waals surface area contributed by atoms with E-state index in [1.54, 1.807) is 32.4 Å². The number of rotatable bonds is 4. The number of quaternary nitrogens is 1. The van der Waals surface area contributed by atoms with E-state index in [0.717, 1.165) is 0 Å². The summed E-state index contributed by atoms with van der Waals surface area (Å²) in [6.45, 7) is 0.406. The number of benzene rings is 1. The molecule has 0 spiro atoms. The second-order valence-electron chi connectivity index (χ2n) is 2.91. The summed E-state index contributed by atoms with van der Waals surface area (Å²) >= 11 is 0. The standard InChI is InChI=1S/C10H15NO3/c1-13-7-3-4-10(14-2)8(5-7)9(12)6-11/h3-5,9,12H,6,11H2,1-2H3/p+1/t9-/m0/s1. The maximum atomic E-state index is 9.66. The molecule has 4 heteroatoms. The molecule has 1 rings (SSSR count). The van der Waals surface area contributed by atoms with Gasteiger partial charge in [-0.05, 0) is 18.2 Å². The van der Waals surface area contributed by atoms with Crippen molar-refractivity contribution < 1.29 is 20.3 Å². The van der Waals surface area contributed by atoms with E-state index in [-0.39, 0.29) is 0 Å². The van der Waals surface area contributed by atoms with Gasteiger partial charge in [0, 0.05) is 5.56 Å². The van der Waals surface area contributed by atoms with Crippen LogP contribution in [0.4, 0.5) is 0 Å². The zero-order valence-electron chi connectivity index (χ0n) is 8.49. The van der Waals surface area contributed by atoms with Crippen LogP contribution in [0, 0.1) is 0 Å². The van der Waals surface area contributed by atoms with Gasteiger partial charge in [-0.2, -0.15) is 0 Å². The van der Waals surface area contributed by atoms with Crippen LogP contribution < -0.4 is 15.2 Å². The van der Waals surface area contributed by atoms with Gasteiger partial charge in [-0.25, -0.2) is 0 Å². The topological polar surface area (TPSA) is 66.3 Å². The Kier molecular flexibility index (Phi) is 3.73. The second-order valence-corrected chi connectivity index (χ2v) is 2.91. The van der Waals surface area contributed by atoms with Crippen molar-refractivity contribution in [1.29, 1.82) is 0 Å². The van der Waals surface area contributed by atoms with Gasteiger partial charge in [-0.1, -0.05) is 0 Å². The van der Waals surface area contributed by atoms with Gasteiger partial charge in [0.1, 0.15) is 24.1 Å². The quantitative estimate of drug-likeness (QED) is 0.714. The Morgan fingerprint density at radius 3 is 2.57 bits per heavy atom. The molecule has 0 saturated heterocycles. The zero-order chi connectivity index (χ0) is 10.6. The van der Waals surface area contributed by atoms with Gasteiger partial charge < -0.3 is 20.3 Å². The molecule has 0 aliphatic carbocycles. The number of ether oxygens (including phenoxy) is 2. The first kappa shape index (κ1) is 10.8. The van der Waals surface area contributed by atoms with Crippen molar-refractivity contribution >= 4 is 0 Å². The lowest BCUT2D eigenvalue weighted by atomic mass is 10.1. The Hall–Kier alpha value is -1.26. The Bertz CT molecular complexity index is 301. The fourth-order valence-electron chi connectivity index (χ4n) is 1.26. The highest BCUT2D eigenvalue weighted by Gasteiger charge is 2.14. The number of aliphatic hydroxyl groups is 1. The summed E-state index contributed by atoms with van der Waals surface area (Å²) in [5, 5.41) is 9.66. The van der Waals surface area contributed by atoms with E-state index in [2.05, 4.69) is 5.73 Å². The first-order valence-electron chi connectivity index (χ1n) is 4.42. The van der Waals surface area contributed by atoms with Crippen LogP contribution in [0.25, 0.3) is 0 Å². The Labute approximate surface area is 83.3 Å². The first-order chi connectivity index (χ1) is 6.72. The van der Waals surface area contributed by atoms with Crippen molar-refractivity contribution in [3.63, 3.8) is 0 Å². The van der Waals surface area contributed by atoms with E-state index in [0.29, 0.717) is 23.6 Å². The van der Waals surface area contributed by atoms with E-state index in [1.165, 1.54) is 0 Å². The highest BCUT2D eigenvalue weighted by molar-refractivity contribution is 5.41. The van der Waals surface area contributed by atoms with Crippen molar-refractivity contribution in [2.45, 2.75) is 6.10 Å². The average Bonchev–Trinajstić information content (AvgIpc) is 2.27. The van der Waals surface area contributed by atoms with E-state index in [1.807, 2.05) is 0 Å². The summed E-state index contributed by atoms with van der Waals surface area (Å²) in [4.78, 5) is 0. The van der Waals surface area contributed by atoms with E-state index >= 15 is 0 Å². The van der Waals surface area contributed by atoms with Gasteiger partial charge in [0.2, 0.25) is 0 Å². The normalized spacial score (nSPS) is 12.3. The molecule has 4 N–H and O–H groups in total. The number of hydrogen-bond acceptors (Lipinski definition) is 3. The van der Waals surface area contributed by atoms with Gasteiger partial charge >= 0.3 is 0 Å². The van der Waals surface area contributed by atoms with Crippen molar-refractivity contribution in [2.75, 3.05) is 20.8 Å². The molecule has 0 aromatic heterocycles. The molecule has 1 atom stereocenters. The molecule has 14 heavy (non-hydrogen) atoms. The number of hydrogen-bond donors (Lipinski definition) is 2. The molecule has 4 nitrogen and oxygen atoms in total. The van der Waals surface area contributed by atoms with Crippen molar-refractivity contribution in [1.82, 2.24) is 0 Å². The fourth-order valence-corrected chi connectivity index (χ4v) is 1.26. The predicted molar refractivity (Wildman–Crippen MR) is 52.3 cm³/mol. The van der Waals surface area contributed by atoms with Crippen LogP contribution in [0.15, 0.2) is 18.2 Å². The van der Waals surface area contributed by atoms with Crippen molar-refractivity contribution in [3.8, 4) is 11.5 Å². The molecule has 0 unspecified atom stereocenters. The van der Waals surface area contributed by atoms with Crippen molar-refractivity contribution in [3.05, 3.63) is 23.8 Å². The number of aliphatic hydroxyl groups excluding tert-OH is 1. The average molecular weight is 198 g/mol. The predicted octanol–water partition coefficient (Wildman–Crippen LogP) is -0.0209. The largest absolute Gasteiger partial charge is 0.497 e. The molecular weight excluding hydrogens is 182 g/mol. The molecule has 1 aromatic rings. The lowest BCUT2D eigenvalue weighted by molar-refractivity contribution is -0.385. The van der Waals surface area contributed by atoms with Crippen LogP contribution in [-0.2, 0) is 0 Å². The molecule has 0 saturated carbocycles. The Balaban J connectivity index is 3.08. The minimum atomic E-state index is -0.611. The van der Waals surface area contributed by atoms with E-state index < -0.39 is 6.10 Å². The van der Waals surface area contributed by atoms with Gasteiger partial charge in [-0.3, -0.25) is 0 Å². The third-order valence-electron chi connectivity index (χ3n) is 2.07. The molecule has 0 radical (unpaired) electrons.